The molecule has 6 nitrogen and oxygen atoms in total. The van der Waals surface area contributed by atoms with Gasteiger partial charge in [-0.15, -0.1) is 36.2 Å². The minimum Gasteiger partial charge on any atom is -0.354 e. The molecule has 0 unspecified atom stereocenters. The van der Waals surface area contributed by atoms with Gasteiger partial charge in [-0.1, -0.05) is 20.8 Å². The quantitative estimate of drug-likeness (QED) is 0.745. The van der Waals surface area contributed by atoms with Gasteiger partial charge in [0.15, 0.2) is 5.13 Å². The van der Waals surface area contributed by atoms with Crippen molar-refractivity contribution in [2.75, 3.05) is 18.4 Å². The van der Waals surface area contributed by atoms with E-state index in [-0.39, 0.29) is 43.0 Å². The second kappa shape index (κ2) is 9.94. The number of halogens is 2. The summed E-state index contributed by atoms with van der Waals surface area (Å²) in [5.74, 6) is -0.217. The molecule has 0 aliphatic carbocycles. The van der Waals surface area contributed by atoms with Crippen molar-refractivity contribution < 1.29 is 9.59 Å². The first-order chi connectivity index (χ1) is 8.82. The molecule has 122 valence electrons. The Morgan fingerprint density at radius 2 is 1.95 bits per heavy atom. The van der Waals surface area contributed by atoms with Gasteiger partial charge in [0.1, 0.15) is 0 Å². The van der Waals surface area contributed by atoms with Crippen LogP contribution in [-0.4, -0.2) is 29.9 Å². The van der Waals surface area contributed by atoms with E-state index < -0.39 is 5.41 Å². The van der Waals surface area contributed by atoms with Crippen molar-refractivity contribution in [2.24, 2.45) is 11.1 Å². The third kappa shape index (κ3) is 8.21. The van der Waals surface area contributed by atoms with Gasteiger partial charge in [0.2, 0.25) is 11.8 Å². The molecule has 0 atom stereocenters. The maximum Gasteiger partial charge on any atom is 0.231 e. The van der Waals surface area contributed by atoms with E-state index in [1.54, 1.807) is 5.38 Å². The van der Waals surface area contributed by atoms with E-state index in [0.29, 0.717) is 23.9 Å². The number of carbonyl (C=O) groups is 2. The molecule has 0 aliphatic rings. The molecule has 2 amide bonds. The molecular formula is C12H22Cl2N4O2S. The molecule has 0 saturated carbocycles. The molecule has 1 heterocycles. The summed E-state index contributed by atoms with van der Waals surface area (Å²) in [7, 11) is 0. The number of nitrogens with two attached hydrogens (primary N) is 1. The average molecular weight is 357 g/mol. The highest BCUT2D eigenvalue weighted by Gasteiger charge is 2.22. The van der Waals surface area contributed by atoms with Crippen molar-refractivity contribution in [1.82, 2.24) is 10.3 Å². The Kier molecular flexibility index (Phi) is 10.6. The number of amides is 2. The van der Waals surface area contributed by atoms with Gasteiger partial charge >= 0.3 is 0 Å². The third-order valence-electron chi connectivity index (χ3n) is 2.26. The van der Waals surface area contributed by atoms with Crippen LogP contribution in [0.5, 0.6) is 0 Å². The first-order valence-electron chi connectivity index (χ1n) is 6.05. The van der Waals surface area contributed by atoms with Gasteiger partial charge in [-0.05, 0) is 0 Å². The minimum atomic E-state index is -0.468. The smallest absolute Gasteiger partial charge is 0.231 e. The SMILES string of the molecule is CC(C)(C)C(=O)Nc1nc(CC(=O)NCCN)cs1.Cl.Cl. The van der Waals surface area contributed by atoms with Gasteiger partial charge in [-0.25, -0.2) is 4.98 Å². The van der Waals surface area contributed by atoms with Gasteiger partial charge in [0.05, 0.1) is 12.1 Å². The molecule has 1 aromatic heterocycles. The number of hydrogen-bond donors (Lipinski definition) is 3. The van der Waals surface area contributed by atoms with Crippen molar-refractivity contribution >= 4 is 53.1 Å². The van der Waals surface area contributed by atoms with Crippen LogP contribution in [0, 0.1) is 5.41 Å². The van der Waals surface area contributed by atoms with Crippen LogP contribution in [-0.2, 0) is 16.0 Å². The summed E-state index contributed by atoms with van der Waals surface area (Å²) in [5, 5.41) is 7.68. The standard InChI is InChI=1S/C12H20N4O2S.2ClH/c1-12(2,3)10(18)16-11-15-8(7-19-11)6-9(17)14-5-4-13;;/h7H,4-6,13H2,1-3H3,(H,14,17)(H,15,16,18);2*1H. The van der Waals surface area contributed by atoms with E-state index in [1.807, 2.05) is 20.8 Å². The topological polar surface area (TPSA) is 97.1 Å². The van der Waals surface area contributed by atoms with Crippen LogP contribution in [0.4, 0.5) is 5.13 Å². The summed E-state index contributed by atoms with van der Waals surface area (Å²) in [6, 6.07) is 0. The average Bonchev–Trinajstić information content (AvgIpc) is 2.72. The maximum absolute atomic E-state index is 11.8. The van der Waals surface area contributed by atoms with Crippen LogP contribution in [0.2, 0.25) is 0 Å². The number of carbonyl (C=O) groups excluding carboxylic acids is 2. The summed E-state index contributed by atoms with van der Waals surface area (Å²) in [6.07, 6.45) is 0.196. The minimum absolute atomic E-state index is 0. The molecule has 0 aromatic carbocycles. The first kappa shape index (κ1) is 22.4. The number of nitrogens with zero attached hydrogens (tertiary/aromatic N) is 1. The fourth-order valence-corrected chi connectivity index (χ4v) is 1.87. The number of aromatic nitrogens is 1. The zero-order valence-corrected chi connectivity index (χ0v) is 14.7. The highest BCUT2D eigenvalue weighted by atomic mass is 35.5. The number of thiazole rings is 1. The molecule has 0 aliphatic heterocycles. The van der Waals surface area contributed by atoms with Crippen LogP contribution in [0.3, 0.4) is 0 Å². The molecule has 0 spiro atoms. The Morgan fingerprint density at radius 1 is 1.33 bits per heavy atom. The van der Waals surface area contributed by atoms with Crippen LogP contribution < -0.4 is 16.4 Å². The monoisotopic (exact) mass is 356 g/mol. The van der Waals surface area contributed by atoms with Gasteiger partial charge in [0.25, 0.3) is 0 Å². The highest BCUT2D eigenvalue weighted by Crippen LogP contribution is 2.20. The van der Waals surface area contributed by atoms with Gasteiger partial charge in [-0.2, -0.15) is 0 Å². The molecule has 1 rings (SSSR count). The molecule has 1 aromatic rings. The summed E-state index contributed by atoms with van der Waals surface area (Å²) in [6.45, 7) is 6.36. The van der Waals surface area contributed by atoms with Crippen LogP contribution >= 0.6 is 36.2 Å². The number of anilines is 1. The fourth-order valence-electron chi connectivity index (χ4n) is 1.17. The van der Waals surface area contributed by atoms with Gasteiger partial charge in [0, 0.05) is 23.9 Å². The number of nitrogens with one attached hydrogen (secondary N) is 2. The third-order valence-corrected chi connectivity index (χ3v) is 3.07. The second-order valence-corrected chi connectivity index (χ2v) is 6.02. The molecule has 21 heavy (non-hydrogen) atoms. The van der Waals surface area contributed by atoms with E-state index in [4.69, 9.17) is 5.73 Å². The fraction of sp³-hybridized carbons (Fsp3) is 0.583. The number of rotatable bonds is 5. The first-order valence-corrected chi connectivity index (χ1v) is 6.93. The van der Waals surface area contributed by atoms with Crippen molar-refractivity contribution in [1.29, 1.82) is 0 Å². The zero-order chi connectivity index (χ0) is 14.5. The summed E-state index contributed by atoms with van der Waals surface area (Å²) in [4.78, 5) is 27.4. The molecule has 0 fully saturated rings. The largest absolute Gasteiger partial charge is 0.354 e. The highest BCUT2D eigenvalue weighted by molar-refractivity contribution is 7.13. The van der Waals surface area contributed by atoms with Gasteiger partial charge in [-0.3, -0.25) is 9.59 Å². The van der Waals surface area contributed by atoms with Crippen molar-refractivity contribution in [3.63, 3.8) is 0 Å². The normalized spacial score (nSPS) is 10.1. The number of hydrogen-bond acceptors (Lipinski definition) is 5. The van der Waals surface area contributed by atoms with Crippen LogP contribution in [0.1, 0.15) is 26.5 Å². The van der Waals surface area contributed by atoms with Gasteiger partial charge < -0.3 is 16.4 Å². The van der Waals surface area contributed by atoms with E-state index in [9.17, 15) is 9.59 Å². The maximum atomic E-state index is 11.8. The summed E-state index contributed by atoms with van der Waals surface area (Å²) < 4.78 is 0. The lowest BCUT2D eigenvalue weighted by molar-refractivity contribution is -0.123. The lowest BCUT2D eigenvalue weighted by Crippen LogP contribution is -2.30. The Balaban J connectivity index is 0. The zero-order valence-electron chi connectivity index (χ0n) is 12.3. The molecule has 4 N–H and O–H groups in total. The van der Waals surface area contributed by atoms with Crippen molar-refractivity contribution in [3.05, 3.63) is 11.1 Å². The molecule has 0 radical (unpaired) electrons. The Labute approximate surface area is 141 Å². The lowest BCUT2D eigenvalue weighted by Gasteiger charge is -2.15. The predicted octanol–water partition coefficient (Wildman–Crippen LogP) is 1.59. The summed E-state index contributed by atoms with van der Waals surface area (Å²) in [5.41, 5.74) is 5.47. The van der Waals surface area contributed by atoms with E-state index in [2.05, 4.69) is 15.6 Å². The Bertz CT molecular complexity index is 460. The van der Waals surface area contributed by atoms with E-state index in [1.165, 1.54) is 11.3 Å². The molecule has 9 heteroatoms. The molecule has 0 bridgehead atoms. The van der Waals surface area contributed by atoms with E-state index >= 15 is 0 Å². The van der Waals surface area contributed by atoms with Crippen molar-refractivity contribution in [3.8, 4) is 0 Å². The van der Waals surface area contributed by atoms with Crippen LogP contribution in [0.15, 0.2) is 5.38 Å². The van der Waals surface area contributed by atoms with Crippen molar-refractivity contribution in [2.45, 2.75) is 27.2 Å². The predicted molar refractivity (Wildman–Crippen MR) is 90.5 cm³/mol. The van der Waals surface area contributed by atoms with E-state index in [0.717, 1.165) is 0 Å². The second-order valence-electron chi connectivity index (χ2n) is 5.16. The molecular weight excluding hydrogens is 335 g/mol. The van der Waals surface area contributed by atoms with Crippen LogP contribution in [0.25, 0.3) is 0 Å². The Hall–Kier alpha value is -0.890. The molecule has 0 saturated heterocycles. The lowest BCUT2D eigenvalue weighted by atomic mass is 9.96. The Morgan fingerprint density at radius 3 is 2.48 bits per heavy atom. The summed E-state index contributed by atoms with van der Waals surface area (Å²) >= 11 is 1.31.